The molecule has 0 N–H and O–H groups in total. The van der Waals surface area contributed by atoms with Crippen molar-refractivity contribution in [1.29, 1.82) is 0 Å². The van der Waals surface area contributed by atoms with Gasteiger partial charge in [-0.2, -0.15) is 0 Å². The highest BCUT2D eigenvalue weighted by Gasteiger charge is 2.08. The van der Waals surface area contributed by atoms with E-state index >= 15 is 0 Å². The molecule has 5 heteroatoms. The van der Waals surface area contributed by atoms with E-state index in [0.29, 0.717) is 12.2 Å². The monoisotopic (exact) mass is 356 g/mol. The maximum absolute atomic E-state index is 11.0. The minimum Gasteiger partial charge on any atom is -0.457 e. The Labute approximate surface area is 153 Å². The summed E-state index contributed by atoms with van der Waals surface area (Å²) in [5.41, 5.74) is 2.28. The van der Waals surface area contributed by atoms with Crippen LogP contribution >= 0.6 is 0 Å². The Balaban J connectivity index is 0.000000260. The number of esters is 2. The van der Waals surface area contributed by atoms with E-state index in [2.05, 4.69) is 6.58 Å². The molecule has 136 valence electrons. The molecule has 2 aromatic rings. The van der Waals surface area contributed by atoms with Crippen molar-refractivity contribution in [3.63, 3.8) is 0 Å². The zero-order valence-corrected chi connectivity index (χ0v) is 14.9. The highest BCUT2D eigenvalue weighted by molar-refractivity contribution is 6.32. The van der Waals surface area contributed by atoms with Crippen LogP contribution in [0.25, 0.3) is 0 Å². The fraction of sp³-hybridized carbons (Fsp3) is 0.190. The Kier molecular flexibility index (Phi) is 9.10. The summed E-state index contributed by atoms with van der Waals surface area (Å²) in [6.45, 7) is 6.78. The molecule has 0 aliphatic carbocycles. The zero-order chi connectivity index (χ0) is 19.4. The SMILES string of the molecule is C=C(C)[13C](=O)OCc1ccccc1.CC(=O)[13C](=O)OCc1ccccc1. The number of benzene rings is 2. The van der Waals surface area contributed by atoms with Gasteiger partial charge < -0.3 is 9.47 Å². The van der Waals surface area contributed by atoms with Crippen LogP contribution in [0, 0.1) is 0 Å². The fourth-order valence-corrected chi connectivity index (χ4v) is 1.67. The molecule has 2 aromatic carbocycles. The lowest BCUT2D eigenvalue weighted by Crippen LogP contribution is -2.13. The molecule has 0 atom stereocenters. The number of hydrogen-bond acceptors (Lipinski definition) is 5. The van der Waals surface area contributed by atoms with Gasteiger partial charge in [0.25, 0.3) is 0 Å². The predicted octanol–water partition coefficient (Wildman–Crippen LogP) is 3.62. The summed E-state index contributed by atoms with van der Waals surface area (Å²) in [7, 11) is 0. The zero-order valence-electron chi connectivity index (χ0n) is 14.9. The lowest BCUT2D eigenvalue weighted by atomic mass is 10.2. The van der Waals surface area contributed by atoms with Crippen molar-refractivity contribution in [2.24, 2.45) is 0 Å². The first kappa shape index (κ1) is 20.8. The fourth-order valence-electron chi connectivity index (χ4n) is 1.67. The van der Waals surface area contributed by atoms with Gasteiger partial charge in [0.2, 0.25) is 5.78 Å². The molecule has 0 bridgehead atoms. The molecule has 0 spiro atoms. The van der Waals surface area contributed by atoms with E-state index in [1.165, 1.54) is 6.92 Å². The van der Waals surface area contributed by atoms with Gasteiger partial charge in [0, 0.05) is 12.5 Å². The number of ether oxygens (including phenoxy) is 2. The minimum atomic E-state index is -0.788. The lowest BCUT2D eigenvalue weighted by molar-refractivity contribution is -0.153. The largest absolute Gasteiger partial charge is 0.457 e. The second-order valence-electron chi connectivity index (χ2n) is 5.46. The third kappa shape index (κ3) is 8.59. The molecule has 26 heavy (non-hydrogen) atoms. The minimum absolute atomic E-state index is 0.152. The Morgan fingerprint density at radius 1 is 0.731 bits per heavy atom. The van der Waals surface area contributed by atoms with Crippen LogP contribution in [-0.4, -0.2) is 17.7 Å². The van der Waals surface area contributed by atoms with Crippen LogP contribution in [0.5, 0.6) is 0 Å². The van der Waals surface area contributed by atoms with Crippen LogP contribution in [0.2, 0.25) is 0 Å². The summed E-state index contributed by atoms with van der Waals surface area (Å²) >= 11 is 0. The van der Waals surface area contributed by atoms with E-state index < -0.39 is 11.8 Å². The van der Waals surface area contributed by atoms with Crippen LogP contribution in [0.15, 0.2) is 72.8 Å². The third-order valence-corrected chi connectivity index (χ3v) is 3.06. The number of carbonyl (C=O) groups is 3. The van der Waals surface area contributed by atoms with Crippen molar-refractivity contribution in [1.82, 2.24) is 0 Å². The van der Waals surface area contributed by atoms with Crippen molar-refractivity contribution in [3.05, 3.63) is 83.9 Å². The molecular weight excluding hydrogens is 334 g/mol. The van der Waals surface area contributed by atoms with Crippen molar-refractivity contribution in [2.75, 3.05) is 0 Å². The van der Waals surface area contributed by atoms with Crippen LogP contribution < -0.4 is 0 Å². The first-order valence-electron chi connectivity index (χ1n) is 7.98. The van der Waals surface area contributed by atoms with Gasteiger partial charge in [0.15, 0.2) is 0 Å². The normalized spacial score (nSPS) is 9.31. The molecule has 0 saturated carbocycles. The van der Waals surface area contributed by atoms with Gasteiger partial charge in [-0.3, -0.25) is 4.79 Å². The predicted molar refractivity (Wildman–Crippen MR) is 98.0 cm³/mol. The second-order valence-corrected chi connectivity index (χ2v) is 5.46. The smallest absolute Gasteiger partial charge is 0.374 e. The van der Waals surface area contributed by atoms with Gasteiger partial charge >= 0.3 is 11.9 Å². The van der Waals surface area contributed by atoms with Gasteiger partial charge in [-0.25, -0.2) is 9.59 Å². The number of Topliss-reactive ketones (excluding diaryl/α,β-unsaturated/α-hetero) is 1. The van der Waals surface area contributed by atoms with Crippen molar-refractivity contribution >= 4 is 17.7 Å². The Morgan fingerprint density at radius 3 is 1.46 bits per heavy atom. The van der Waals surface area contributed by atoms with Crippen LogP contribution in [0.1, 0.15) is 25.0 Å². The number of hydrogen-bond donors (Lipinski definition) is 0. The Hall–Kier alpha value is -3.21. The summed E-state index contributed by atoms with van der Waals surface area (Å²) in [6.07, 6.45) is 0. The summed E-state index contributed by atoms with van der Waals surface area (Å²) in [4.78, 5) is 32.2. The second kappa shape index (κ2) is 11.4. The molecule has 5 nitrogen and oxygen atoms in total. The first-order chi connectivity index (χ1) is 12.4. The number of carbonyl (C=O) groups excluding carboxylic acids is 3. The molecule has 0 amide bonds. The maximum atomic E-state index is 11.0. The van der Waals surface area contributed by atoms with Gasteiger partial charge in [-0.05, 0) is 18.1 Å². The molecule has 0 heterocycles. The summed E-state index contributed by atoms with van der Waals surface area (Å²) in [5.74, 6) is -1.70. The van der Waals surface area contributed by atoms with Crippen molar-refractivity contribution in [3.8, 4) is 0 Å². The molecule has 2 rings (SSSR count). The molecule has 0 fully saturated rings. The highest BCUT2D eigenvalue weighted by atomic mass is 16.6. The Bertz CT molecular complexity index is 670. The van der Waals surface area contributed by atoms with E-state index in [0.717, 1.165) is 11.1 Å². The average Bonchev–Trinajstić information content (AvgIpc) is 2.66. The van der Waals surface area contributed by atoms with Gasteiger partial charge in [0.1, 0.15) is 13.2 Å². The Morgan fingerprint density at radius 2 is 1.12 bits per heavy atom. The van der Waals surface area contributed by atoms with Crippen molar-refractivity contribution < 1.29 is 23.9 Å². The molecular formula is C21H22O5. The molecule has 0 saturated heterocycles. The van der Waals surface area contributed by atoms with Gasteiger partial charge in [-0.1, -0.05) is 67.2 Å². The summed E-state index contributed by atoms with van der Waals surface area (Å²) in [5, 5.41) is 0. The van der Waals surface area contributed by atoms with E-state index in [1.807, 2.05) is 60.7 Å². The van der Waals surface area contributed by atoms with Crippen molar-refractivity contribution in [2.45, 2.75) is 27.1 Å². The van der Waals surface area contributed by atoms with E-state index in [1.54, 1.807) is 6.92 Å². The molecule has 0 unspecified atom stereocenters. The molecule has 0 radical (unpaired) electrons. The van der Waals surface area contributed by atoms with E-state index in [9.17, 15) is 14.4 Å². The molecule has 0 aliphatic rings. The third-order valence-electron chi connectivity index (χ3n) is 3.06. The van der Waals surface area contributed by atoms with Crippen LogP contribution in [0.4, 0.5) is 0 Å². The van der Waals surface area contributed by atoms with Gasteiger partial charge in [-0.15, -0.1) is 0 Å². The lowest BCUT2D eigenvalue weighted by Gasteiger charge is -2.03. The first-order valence-corrected chi connectivity index (χ1v) is 7.98. The number of rotatable bonds is 6. The number of ketones is 1. The quantitative estimate of drug-likeness (QED) is 0.342. The van der Waals surface area contributed by atoms with Gasteiger partial charge in [0.05, 0.1) is 0 Å². The van der Waals surface area contributed by atoms with Crippen LogP contribution in [0.3, 0.4) is 0 Å². The maximum Gasteiger partial charge on any atom is 0.374 e. The molecule has 0 aromatic heterocycles. The molecule has 0 aliphatic heterocycles. The van der Waals surface area contributed by atoms with E-state index in [4.69, 9.17) is 9.47 Å². The highest BCUT2D eigenvalue weighted by Crippen LogP contribution is 2.02. The summed E-state index contributed by atoms with van der Waals surface area (Å²) in [6, 6.07) is 18.8. The average molecular weight is 356 g/mol. The standard InChI is InChI=1S/C11H12O2.C10H10O3/c1-9(2)11(12)13-8-10-6-4-3-5-7-10;1-8(11)10(12)13-7-9-5-3-2-4-6-9/h3-7H,1,8H2,2H3;2-6H,7H2,1H3/i11+1;10+1. The topological polar surface area (TPSA) is 69.7 Å². The van der Waals surface area contributed by atoms with E-state index in [-0.39, 0.29) is 12.6 Å². The van der Waals surface area contributed by atoms with Crippen LogP contribution in [-0.2, 0) is 37.1 Å². The summed E-state index contributed by atoms with van der Waals surface area (Å²) < 4.78 is 9.65.